The molecule has 2 atom stereocenters. The Morgan fingerprint density at radius 3 is 1.53 bits per heavy atom. The normalized spacial score (nSPS) is 18.3. The summed E-state index contributed by atoms with van der Waals surface area (Å²) < 4.78 is 15.2. The second kappa shape index (κ2) is 19.1. The second-order valence-corrected chi connectivity index (χ2v) is 20.3. The maximum Gasteiger partial charge on any atom is 0.832 e. The molecule has 2 unspecified atom stereocenters. The quantitative estimate of drug-likeness (QED) is 0.151. The topological polar surface area (TPSA) is 43.2 Å². The first kappa shape index (κ1) is 43.6. The largest absolute Gasteiger partial charge is 0.832 e. The average Bonchev–Trinajstić information content (AvgIpc) is 3.10. The zero-order valence-electron chi connectivity index (χ0n) is 36.3. The lowest BCUT2D eigenvalue weighted by Gasteiger charge is -2.39. The van der Waals surface area contributed by atoms with Crippen molar-refractivity contribution in [2.45, 2.75) is 188 Å². The van der Waals surface area contributed by atoms with Gasteiger partial charge in [-0.15, -0.1) is 0 Å². The fourth-order valence-electron chi connectivity index (χ4n) is 8.20. The van der Waals surface area contributed by atoms with Crippen molar-refractivity contribution in [2.24, 2.45) is 9.98 Å². The smallest absolute Gasteiger partial charge is 0.614 e. The molecule has 0 bridgehead atoms. The number of nitrogens with zero attached hydrogens (tertiary/aromatic N) is 3. The predicted molar refractivity (Wildman–Crippen MR) is 231 cm³/mol. The van der Waals surface area contributed by atoms with E-state index < -0.39 is 15.9 Å². The monoisotopic (exact) mass is 743 g/mol. The highest BCUT2D eigenvalue weighted by molar-refractivity contribution is 6.21. The number of hydrogen-bond acceptors (Lipinski definition) is 4. The third kappa shape index (κ3) is 12.2. The summed E-state index contributed by atoms with van der Waals surface area (Å²) in [5.74, 6) is 1.95. The molecule has 0 amide bonds. The number of unbranched alkanes of at least 4 members (excludes halogenated alkanes) is 3. The van der Waals surface area contributed by atoms with Crippen LogP contribution in [0.4, 0.5) is 0 Å². The van der Waals surface area contributed by atoms with Gasteiger partial charge in [0.2, 0.25) is 0 Å². The standard InChI is InChI=1S/C47H77N3O2.Al.H/c1-13-16-25-50(26-17-14-2,27-18-15-3)28-21-22-35-29-38(45(4,5)6)30-36(43(35)51)33-48-41-23-19-20-24-42(41)49-34-37-31-39(46(7,8)9)32-40(44(37)52)47(10,11)12;;/h29-34,41-42H,13-28H2,1-12H3,(H-,48,49,51,52);;/q;+2;/p-1. The minimum atomic E-state index is -1.47. The highest BCUT2D eigenvalue weighted by Crippen LogP contribution is 2.39. The van der Waals surface area contributed by atoms with Crippen LogP contribution in [0.25, 0.3) is 0 Å². The Kier molecular flexibility index (Phi) is 15.8. The van der Waals surface area contributed by atoms with Crippen LogP contribution >= 0.6 is 0 Å². The van der Waals surface area contributed by atoms with Crippen molar-refractivity contribution in [1.29, 1.82) is 0 Å². The molecular weight excluding hydrogens is 666 g/mol. The molecule has 5 nitrogen and oxygen atoms in total. The van der Waals surface area contributed by atoms with E-state index in [2.05, 4.69) is 120 Å². The minimum Gasteiger partial charge on any atom is -0.614 e. The third-order valence-electron chi connectivity index (χ3n) is 11.8. The average molecular weight is 743 g/mol. The van der Waals surface area contributed by atoms with Gasteiger partial charge in [-0.2, -0.15) is 0 Å². The zero-order chi connectivity index (χ0) is 38.9. The Balaban J connectivity index is 1.82. The van der Waals surface area contributed by atoms with Gasteiger partial charge in [-0.3, -0.25) is 9.98 Å². The number of aryl methyl sites for hydroxylation is 1. The van der Waals surface area contributed by atoms with Gasteiger partial charge >= 0.3 is 15.9 Å². The summed E-state index contributed by atoms with van der Waals surface area (Å²) in [4.78, 5) is 10.7. The van der Waals surface area contributed by atoms with Crippen LogP contribution in [0.3, 0.4) is 0 Å². The van der Waals surface area contributed by atoms with Crippen LogP contribution in [0.5, 0.6) is 11.5 Å². The van der Waals surface area contributed by atoms with E-state index in [1.165, 1.54) is 104 Å². The predicted octanol–water partition coefficient (Wildman–Crippen LogP) is 11.6. The van der Waals surface area contributed by atoms with Gasteiger partial charge in [-0.1, -0.05) is 127 Å². The van der Waals surface area contributed by atoms with E-state index in [9.17, 15) is 0 Å². The molecule has 1 saturated carbocycles. The van der Waals surface area contributed by atoms with Gasteiger partial charge in [-0.25, -0.2) is 0 Å². The van der Waals surface area contributed by atoms with Gasteiger partial charge in [0.05, 0.1) is 49.8 Å². The molecule has 53 heavy (non-hydrogen) atoms. The van der Waals surface area contributed by atoms with Crippen LogP contribution in [0.15, 0.2) is 34.3 Å². The molecule has 0 aromatic heterocycles. The molecule has 1 aliphatic carbocycles. The number of benzene rings is 2. The first-order valence-electron chi connectivity index (χ1n) is 21.5. The summed E-state index contributed by atoms with van der Waals surface area (Å²) in [6, 6.07) is 9.83. The van der Waals surface area contributed by atoms with Crippen molar-refractivity contribution in [3.8, 4) is 11.5 Å². The van der Waals surface area contributed by atoms with Crippen LogP contribution in [0.2, 0.25) is 0 Å². The lowest BCUT2D eigenvalue weighted by atomic mass is 9.79. The number of hydrogen-bond donors (Lipinski definition) is 0. The Bertz CT molecular complexity index is 1500. The van der Waals surface area contributed by atoms with Crippen molar-refractivity contribution in [3.63, 3.8) is 0 Å². The first-order valence-corrected chi connectivity index (χ1v) is 22.7. The number of fused-ring (bicyclic) bond motifs is 3. The van der Waals surface area contributed by atoms with Crippen LogP contribution in [-0.2, 0) is 22.7 Å². The SMILES string of the molecule is CCCC[N+](CCCC)(CCCC)CCCc1cc(C(C)(C)C)cc2c1[O][AlH][O]c1c(cc(C(C)(C)C)cc1C(C)(C)C)C=NC1CCCCC1N=C2. The van der Waals surface area contributed by atoms with Gasteiger partial charge in [0, 0.05) is 30.0 Å². The van der Waals surface area contributed by atoms with E-state index in [0.717, 1.165) is 48.3 Å². The van der Waals surface area contributed by atoms with Gasteiger partial charge in [0.1, 0.15) is 0 Å². The van der Waals surface area contributed by atoms with E-state index in [0.29, 0.717) is 0 Å². The summed E-state index contributed by atoms with van der Waals surface area (Å²) in [5.41, 5.74) is 7.33. The summed E-state index contributed by atoms with van der Waals surface area (Å²) in [5, 5.41) is 0. The Labute approximate surface area is 332 Å². The van der Waals surface area contributed by atoms with Crippen molar-refractivity contribution in [1.82, 2.24) is 0 Å². The van der Waals surface area contributed by atoms with Gasteiger partial charge in [-0.05, 0) is 89.2 Å². The zero-order valence-corrected chi connectivity index (χ0v) is 37.7. The molecule has 2 aliphatic rings. The Morgan fingerprint density at radius 2 is 1.06 bits per heavy atom. The number of aliphatic imine (C=N–C) groups is 2. The lowest BCUT2D eigenvalue weighted by Crippen LogP contribution is -2.50. The molecule has 0 radical (unpaired) electrons. The molecule has 2 aromatic rings. The molecular formula is C47H77AlN3O2+. The van der Waals surface area contributed by atoms with E-state index in [1.54, 1.807) is 0 Å². The molecule has 294 valence electrons. The van der Waals surface area contributed by atoms with Crippen LogP contribution in [0.1, 0.15) is 187 Å². The lowest BCUT2D eigenvalue weighted by molar-refractivity contribution is -0.929. The maximum atomic E-state index is 7.01. The molecule has 1 fully saturated rings. The molecule has 4 rings (SSSR count). The van der Waals surface area contributed by atoms with Crippen LogP contribution in [-0.4, -0.2) is 71.1 Å². The third-order valence-corrected chi connectivity index (χ3v) is 12.6. The summed E-state index contributed by atoms with van der Waals surface area (Å²) in [7, 11) is 0. The van der Waals surface area contributed by atoms with Crippen molar-refractivity contribution in [3.05, 3.63) is 57.6 Å². The molecule has 0 saturated heterocycles. The summed E-state index contributed by atoms with van der Waals surface area (Å²) in [6.45, 7) is 33.0. The van der Waals surface area contributed by atoms with Crippen LogP contribution in [0, 0.1) is 0 Å². The Hall–Kier alpha value is -2.13. The second-order valence-electron chi connectivity index (χ2n) is 19.5. The molecule has 0 N–H and O–H groups in total. The molecule has 0 spiro atoms. The van der Waals surface area contributed by atoms with Crippen LogP contribution < -0.4 is 7.58 Å². The number of rotatable bonds is 13. The van der Waals surface area contributed by atoms with Crippen molar-refractivity contribution < 1.29 is 12.1 Å². The highest BCUT2D eigenvalue weighted by Gasteiger charge is 2.30. The van der Waals surface area contributed by atoms with Gasteiger partial charge in [0.25, 0.3) is 0 Å². The van der Waals surface area contributed by atoms with E-state index >= 15 is 0 Å². The molecule has 6 heteroatoms. The molecule has 1 heterocycles. The molecule has 2 aromatic carbocycles. The van der Waals surface area contributed by atoms with Crippen molar-refractivity contribution in [2.75, 3.05) is 26.2 Å². The van der Waals surface area contributed by atoms with E-state index in [4.69, 9.17) is 17.6 Å². The first-order chi connectivity index (χ1) is 25.0. The summed E-state index contributed by atoms with van der Waals surface area (Å²) >= 11 is -1.47. The summed E-state index contributed by atoms with van der Waals surface area (Å²) in [6.07, 6.45) is 18.7. The maximum absolute atomic E-state index is 7.01. The molecule has 1 aliphatic heterocycles. The van der Waals surface area contributed by atoms with Gasteiger partial charge in [0.15, 0.2) is 0 Å². The van der Waals surface area contributed by atoms with Gasteiger partial charge < -0.3 is 12.1 Å². The fourth-order valence-corrected chi connectivity index (χ4v) is 9.17. The van der Waals surface area contributed by atoms with Crippen molar-refractivity contribution >= 4 is 28.3 Å². The number of quaternary nitrogens is 1. The minimum absolute atomic E-state index is 0.00809. The highest BCUT2D eigenvalue weighted by atomic mass is 27.2. The Morgan fingerprint density at radius 1 is 0.604 bits per heavy atom. The van der Waals surface area contributed by atoms with E-state index in [-0.39, 0.29) is 28.3 Å². The van der Waals surface area contributed by atoms with E-state index in [1.807, 2.05) is 0 Å². The fraction of sp³-hybridized carbons (Fsp3) is 0.702.